The smallest absolute Gasteiger partial charge is 0.338 e. The van der Waals surface area contributed by atoms with E-state index >= 15 is 0 Å². The average Bonchev–Trinajstić information content (AvgIpc) is 2.74. The number of hydrogen-bond acceptors (Lipinski definition) is 3. The lowest BCUT2D eigenvalue weighted by atomic mass is 9.96. The summed E-state index contributed by atoms with van der Waals surface area (Å²) in [4.78, 5) is 12.1. The summed E-state index contributed by atoms with van der Waals surface area (Å²) in [6.07, 6.45) is 7.83. The zero-order valence-electron chi connectivity index (χ0n) is 18.4. The molecule has 158 valence electrons. The van der Waals surface area contributed by atoms with Crippen LogP contribution in [0.1, 0.15) is 79.9 Å². The standard InChI is InChI=1S/C26H37NO2/c1-4-6-13-25-19-22(16-17-23(25)11-5-2)20-27-18-10-12-21(3)29-26(28)24-14-8-7-9-15-24/h7-9,14-17,19,21,27H,4-6,10-13,18,20H2,1-3H3. The molecule has 0 aromatic heterocycles. The van der Waals surface area contributed by atoms with Crippen molar-refractivity contribution in [2.24, 2.45) is 0 Å². The lowest BCUT2D eigenvalue weighted by Gasteiger charge is -2.14. The Morgan fingerprint density at radius 1 is 0.966 bits per heavy atom. The van der Waals surface area contributed by atoms with Crippen LogP contribution >= 0.6 is 0 Å². The molecule has 0 aliphatic carbocycles. The zero-order valence-corrected chi connectivity index (χ0v) is 18.4. The molecule has 0 saturated carbocycles. The maximum atomic E-state index is 12.1. The molecule has 2 rings (SSSR count). The number of carbonyl (C=O) groups is 1. The van der Waals surface area contributed by atoms with E-state index in [0.29, 0.717) is 5.56 Å². The fourth-order valence-electron chi connectivity index (χ4n) is 3.53. The van der Waals surface area contributed by atoms with Crippen LogP contribution in [-0.2, 0) is 24.1 Å². The molecular formula is C26H37NO2. The predicted octanol–water partition coefficient (Wildman–Crippen LogP) is 6.10. The Bertz CT molecular complexity index is 727. The van der Waals surface area contributed by atoms with Crippen LogP contribution in [-0.4, -0.2) is 18.6 Å². The molecular weight excluding hydrogens is 358 g/mol. The predicted molar refractivity (Wildman–Crippen MR) is 121 cm³/mol. The van der Waals surface area contributed by atoms with Crippen molar-refractivity contribution in [1.82, 2.24) is 5.32 Å². The number of ether oxygens (including phenoxy) is 1. The van der Waals surface area contributed by atoms with Gasteiger partial charge in [-0.3, -0.25) is 0 Å². The molecule has 0 heterocycles. The van der Waals surface area contributed by atoms with Crippen LogP contribution < -0.4 is 5.32 Å². The first kappa shape index (κ1) is 23.2. The Morgan fingerprint density at radius 3 is 2.48 bits per heavy atom. The van der Waals surface area contributed by atoms with Gasteiger partial charge in [0.1, 0.15) is 0 Å². The van der Waals surface area contributed by atoms with Gasteiger partial charge in [0.2, 0.25) is 0 Å². The average molecular weight is 396 g/mol. The first-order valence-electron chi connectivity index (χ1n) is 11.2. The largest absolute Gasteiger partial charge is 0.459 e. The Balaban J connectivity index is 1.71. The molecule has 3 heteroatoms. The fraction of sp³-hybridized carbons (Fsp3) is 0.500. The van der Waals surface area contributed by atoms with Crippen molar-refractivity contribution in [2.75, 3.05) is 6.54 Å². The number of esters is 1. The minimum atomic E-state index is -0.238. The van der Waals surface area contributed by atoms with Crippen LogP contribution in [0.4, 0.5) is 0 Å². The van der Waals surface area contributed by atoms with Crippen LogP contribution in [0.5, 0.6) is 0 Å². The summed E-state index contributed by atoms with van der Waals surface area (Å²) in [5, 5.41) is 3.54. The molecule has 0 amide bonds. The van der Waals surface area contributed by atoms with E-state index in [1.54, 1.807) is 12.1 Å². The van der Waals surface area contributed by atoms with Crippen LogP contribution in [0.25, 0.3) is 0 Å². The SMILES string of the molecule is CCCCc1cc(CNCCCC(C)OC(=O)c2ccccc2)ccc1CCC. The number of hydrogen-bond donors (Lipinski definition) is 1. The second kappa shape index (κ2) is 13.2. The van der Waals surface area contributed by atoms with Gasteiger partial charge in [-0.2, -0.15) is 0 Å². The molecule has 0 aliphatic rings. The van der Waals surface area contributed by atoms with Crippen LogP contribution in [0.15, 0.2) is 48.5 Å². The van der Waals surface area contributed by atoms with E-state index in [1.807, 2.05) is 25.1 Å². The number of aryl methyl sites for hydroxylation is 2. The van der Waals surface area contributed by atoms with Gasteiger partial charge in [0.05, 0.1) is 11.7 Å². The molecule has 3 nitrogen and oxygen atoms in total. The van der Waals surface area contributed by atoms with Crippen LogP contribution in [0, 0.1) is 0 Å². The second-order valence-corrected chi connectivity index (χ2v) is 7.86. The van der Waals surface area contributed by atoms with Crippen LogP contribution in [0.3, 0.4) is 0 Å². The third kappa shape index (κ3) is 8.41. The van der Waals surface area contributed by atoms with Crippen molar-refractivity contribution < 1.29 is 9.53 Å². The molecule has 0 saturated heterocycles. The molecule has 0 spiro atoms. The topological polar surface area (TPSA) is 38.3 Å². The maximum absolute atomic E-state index is 12.1. The Labute approximate surface area is 176 Å². The summed E-state index contributed by atoms with van der Waals surface area (Å²) in [6.45, 7) is 8.28. The van der Waals surface area contributed by atoms with Gasteiger partial charge in [0, 0.05) is 6.54 Å². The van der Waals surface area contributed by atoms with Gasteiger partial charge < -0.3 is 10.1 Å². The molecule has 2 aromatic carbocycles. The van der Waals surface area contributed by atoms with E-state index in [4.69, 9.17) is 4.74 Å². The number of nitrogens with one attached hydrogen (secondary N) is 1. The summed E-state index contributed by atoms with van der Waals surface area (Å²) in [5.74, 6) is -0.238. The van der Waals surface area contributed by atoms with Gasteiger partial charge in [-0.15, -0.1) is 0 Å². The van der Waals surface area contributed by atoms with Crippen molar-refractivity contribution in [3.05, 3.63) is 70.8 Å². The van der Waals surface area contributed by atoms with E-state index in [9.17, 15) is 4.79 Å². The summed E-state index contributed by atoms with van der Waals surface area (Å²) in [6, 6.07) is 16.2. The minimum Gasteiger partial charge on any atom is -0.459 e. The van der Waals surface area contributed by atoms with E-state index < -0.39 is 0 Å². The molecule has 0 radical (unpaired) electrons. The summed E-state index contributed by atoms with van der Waals surface area (Å²) in [5.41, 5.74) is 5.01. The third-order valence-electron chi connectivity index (χ3n) is 5.20. The molecule has 0 bridgehead atoms. The molecule has 1 atom stereocenters. The number of benzene rings is 2. The number of rotatable bonds is 13. The lowest BCUT2D eigenvalue weighted by molar-refractivity contribution is 0.0321. The number of carbonyl (C=O) groups excluding carboxylic acids is 1. The van der Waals surface area contributed by atoms with E-state index in [0.717, 1.165) is 25.9 Å². The van der Waals surface area contributed by atoms with Gasteiger partial charge in [0.25, 0.3) is 0 Å². The highest BCUT2D eigenvalue weighted by Crippen LogP contribution is 2.17. The summed E-state index contributed by atoms with van der Waals surface area (Å²) >= 11 is 0. The van der Waals surface area contributed by atoms with Gasteiger partial charge in [0.15, 0.2) is 0 Å². The van der Waals surface area contributed by atoms with E-state index in [-0.39, 0.29) is 12.1 Å². The first-order valence-corrected chi connectivity index (χ1v) is 11.2. The highest BCUT2D eigenvalue weighted by molar-refractivity contribution is 5.89. The first-order chi connectivity index (χ1) is 14.1. The van der Waals surface area contributed by atoms with E-state index in [2.05, 4.69) is 37.4 Å². The van der Waals surface area contributed by atoms with Crippen molar-refractivity contribution in [3.8, 4) is 0 Å². The minimum absolute atomic E-state index is 0.0709. The van der Waals surface area contributed by atoms with Gasteiger partial charge >= 0.3 is 5.97 Å². The number of unbranched alkanes of at least 4 members (excludes halogenated alkanes) is 1. The molecule has 0 fully saturated rings. The quantitative estimate of drug-likeness (QED) is 0.329. The molecule has 29 heavy (non-hydrogen) atoms. The van der Waals surface area contributed by atoms with Crippen molar-refractivity contribution in [3.63, 3.8) is 0 Å². The van der Waals surface area contributed by atoms with Crippen molar-refractivity contribution in [2.45, 2.75) is 78.4 Å². The molecule has 0 aliphatic heterocycles. The monoisotopic (exact) mass is 395 g/mol. The summed E-state index contributed by atoms with van der Waals surface area (Å²) in [7, 11) is 0. The molecule has 1 N–H and O–H groups in total. The maximum Gasteiger partial charge on any atom is 0.338 e. The second-order valence-electron chi connectivity index (χ2n) is 7.86. The summed E-state index contributed by atoms with van der Waals surface area (Å²) < 4.78 is 5.52. The fourth-order valence-corrected chi connectivity index (χ4v) is 3.53. The lowest BCUT2D eigenvalue weighted by Crippen LogP contribution is -2.19. The normalized spacial score (nSPS) is 12.0. The third-order valence-corrected chi connectivity index (χ3v) is 5.20. The zero-order chi connectivity index (χ0) is 20.9. The highest BCUT2D eigenvalue weighted by atomic mass is 16.5. The van der Waals surface area contributed by atoms with Crippen LogP contribution in [0.2, 0.25) is 0 Å². The van der Waals surface area contributed by atoms with Crippen molar-refractivity contribution in [1.29, 1.82) is 0 Å². The van der Waals surface area contributed by atoms with Gasteiger partial charge in [-0.1, -0.05) is 63.1 Å². The molecule has 1 unspecified atom stereocenters. The van der Waals surface area contributed by atoms with Crippen molar-refractivity contribution >= 4 is 5.97 Å². The Hall–Kier alpha value is -2.13. The van der Waals surface area contributed by atoms with Gasteiger partial charge in [-0.25, -0.2) is 4.79 Å². The van der Waals surface area contributed by atoms with E-state index in [1.165, 1.54) is 48.8 Å². The molecule has 2 aromatic rings. The highest BCUT2D eigenvalue weighted by Gasteiger charge is 2.11. The Kier molecular flexibility index (Phi) is 10.5. The van der Waals surface area contributed by atoms with Gasteiger partial charge in [-0.05, 0) is 74.4 Å². The Morgan fingerprint density at radius 2 is 1.76 bits per heavy atom.